The maximum absolute atomic E-state index is 12.9. The normalized spacial score (nSPS) is 34.4. The van der Waals surface area contributed by atoms with Crippen LogP contribution < -0.4 is 5.32 Å². The molecule has 2 aliphatic heterocycles. The number of hydrogen-bond acceptors (Lipinski definition) is 4. The number of aliphatic hydroxyl groups excluding tert-OH is 1. The fourth-order valence-corrected chi connectivity index (χ4v) is 3.79. The summed E-state index contributed by atoms with van der Waals surface area (Å²) in [4.78, 5) is 0. The number of hydrogen-bond donors (Lipinski definition) is 2. The summed E-state index contributed by atoms with van der Waals surface area (Å²) in [6.07, 6.45) is 2.60. The number of thioether (sulfide) groups is 1. The molecule has 0 aromatic rings. The molecule has 2 rings (SSSR count). The van der Waals surface area contributed by atoms with Crippen molar-refractivity contribution in [1.82, 2.24) is 5.32 Å². The Kier molecular flexibility index (Phi) is 4.28. The lowest BCUT2D eigenvalue weighted by molar-refractivity contribution is -0.0812. The second-order valence-electron chi connectivity index (χ2n) is 4.92. The quantitative estimate of drug-likeness (QED) is 0.804. The van der Waals surface area contributed by atoms with Crippen molar-refractivity contribution in [3.63, 3.8) is 0 Å². The molecule has 2 aliphatic rings. The molecule has 0 radical (unpaired) electrons. The van der Waals surface area contributed by atoms with Gasteiger partial charge >= 0.3 is 0 Å². The van der Waals surface area contributed by atoms with Crippen molar-refractivity contribution in [1.29, 1.82) is 0 Å². The van der Waals surface area contributed by atoms with Gasteiger partial charge in [-0.1, -0.05) is 0 Å². The van der Waals surface area contributed by atoms with Crippen LogP contribution >= 0.6 is 11.8 Å². The molecule has 3 nitrogen and oxygen atoms in total. The Morgan fingerprint density at radius 2 is 2.35 bits per heavy atom. The highest BCUT2D eigenvalue weighted by Gasteiger charge is 2.41. The maximum atomic E-state index is 12.9. The third-order valence-electron chi connectivity index (χ3n) is 3.44. The van der Waals surface area contributed by atoms with E-state index in [4.69, 9.17) is 9.84 Å². The average Bonchev–Trinajstić information content (AvgIpc) is 2.75. The fraction of sp³-hybridized carbons (Fsp3) is 1.00. The summed E-state index contributed by atoms with van der Waals surface area (Å²) in [5.41, 5.74) is -0.0882. The first-order chi connectivity index (χ1) is 8.05. The van der Waals surface area contributed by atoms with Crippen LogP contribution in [0.5, 0.6) is 0 Å². The van der Waals surface area contributed by atoms with E-state index >= 15 is 0 Å². The zero-order valence-electron chi connectivity index (χ0n) is 9.75. The third kappa shape index (κ3) is 3.53. The molecule has 2 fully saturated rings. The zero-order valence-corrected chi connectivity index (χ0v) is 10.6. The van der Waals surface area contributed by atoms with Crippen LogP contribution in [-0.4, -0.2) is 53.9 Å². The molecule has 1 spiro atoms. The van der Waals surface area contributed by atoms with Gasteiger partial charge in [0.05, 0.1) is 12.1 Å². The van der Waals surface area contributed by atoms with Gasteiger partial charge in [0, 0.05) is 18.4 Å². The molecule has 0 aromatic heterocycles. The summed E-state index contributed by atoms with van der Waals surface area (Å²) < 4.78 is 31.7. The van der Waals surface area contributed by atoms with Gasteiger partial charge in [0.1, 0.15) is 6.61 Å². The fourth-order valence-electron chi connectivity index (χ4n) is 2.41. The number of alkyl halides is 2. The topological polar surface area (TPSA) is 41.5 Å². The largest absolute Gasteiger partial charge is 0.390 e. The van der Waals surface area contributed by atoms with Crippen molar-refractivity contribution in [3.05, 3.63) is 0 Å². The molecule has 6 heteroatoms. The number of rotatable bonds is 4. The van der Waals surface area contributed by atoms with Crippen LogP contribution in [0.25, 0.3) is 0 Å². The zero-order chi connectivity index (χ0) is 12.4. The van der Waals surface area contributed by atoms with E-state index in [1.807, 2.05) is 11.8 Å². The van der Waals surface area contributed by atoms with Gasteiger partial charge in [-0.05, 0) is 25.0 Å². The van der Waals surface area contributed by atoms with Gasteiger partial charge in [0.25, 0.3) is 5.92 Å². The van der Waals surface area contributed by atoms with Gasteiger partial charge in [0.2, 0.25) is 0 Å². The van der Waals surface area contributed by atoms with E-state index in [2.05, 4.69) is 5.32 Å². The Morgan fingerprint density at radius 1 is 1.53 bits per heavy atom. The minimum absolute atomic E-state index is 0.0832. The SMILES string of the molecule is OCC(F)(F)CNC1CCOC2(CCSC2)C1. The Labute approximate surface area is 104 Å². The highest BCUT2D eigenvalue weighted by atomic mass is 32.2. The molecule has 2 unspecified atom stereocenters. The number of nitrogens with one attached hydrogen (secondary N) is 1. The summed E-state index contributed by atoms with van der Waals surface area (Å²) in [6, 6.07) is 0.0832. The molecular weight excluding hydrogens is 248 g/mol. The first-order valence-corrected chi connectivity index (χ1v) is 7.15. The molecule has 0 aromatic carbocycles. The lowest BCUT2D eigenvalue weighted by Crippen LogP contribution is -2.50. The summed E-state index contributed by atoms with van der Waals surface area (Å²) in [5.74, 6) is -0.947. The van der Waals surface area contributed by atoms with Crippen LogP contribution in [0.4, 0.5) is 8.78 Å². The maximum Gasteiger partial charge on any atom is 0.282 e. The summed E-state index contributed by atoms with van der Waals surface area (Å²) in [7, 11) is 0. The molecule has 0 saturated carbocycles. The van der Waals surface area contributed by atoms with Crippen molar-refractivity contribution in [2.75, 3.05) is 31.3 Å². The molecule has 2 saturated heterocycles. The van der Waals surface area contributed by atoms with E-state index in [1.165, 1.54) is 0 Å². The highest BCUT2D eigenvalue weighted by Crippen LogP contribution is 2.38. The number of aliphatic hydroxyl groups is 1. The molecule has 0 aliphatic carbocycles. The van der Waals surface area contributed by atoms with Crippen molar-refractivity contribution in [2.45, 2.75) is 36.8 Å². The van der Waals surface area contributed by atoms with Crippen molar-refractivity contribution in [2.24, 2.45) is 0 Å². The van der Waals surface area contributed by atoms with Gasteiger partial charge in [0.15, 0.2) is 0 Å². The predicted octanol–water partition coefficient (Wildman–Crippen LogP) is 1.26. The predicted molar refractivity (Wildman–Crippen MR) is 63.7 cm³/mol. The van der Waals surface area contributed by atoms with Crippen molar-refractivity contribution >= 4 is 11.8 Å². The van der Waals surface area contributed by atoms with Gasteiger partial charge in [-0.3, -0.25) is 0 Å². The van der Waals surface area contributed by atoms with E-state index in [9.17, 15) is 8.78 Å². The monoisotopic (exact) mass is 267 g/mol. The van der Waals surface area contributed by atoms with Crippen LogP contribution in [-0.2, 0) is 4.74 Å². The lowest BCUT2D eigenvalue weighted by Gasteiger charge is -2.38. The van der Waals surface area contributed by atoms with Crippen LogP contribution in [0.3, 0.4) is 0 Å². The summed E-state index contributed by atoms with van der Waals surface area (Å²) in [6.45, 7) is -0.898. The van der Waals surface area contributed by atoms with Crippen LogP contribution in [0.2, 0.25) is 0 Å². The van der Waals surface area contributed by atoms with E-state index in [1.54, 1.807) is 0 Å². The second kappa shape index (κ2) is 5.38. The first-order valence-electron chi connectivity index (χ1n) is 5.99. The molecule has 2 atom stereocenters. The molecule has 0 bridgehead atoms. The molecule has 2 heterocycles. The van der Waals surface area contributed by atoms with Crippen molar-refractivity contribution < 1.29 is 18.6 Å². The van der Waals surface area contributed by atoms with Crippen LogP contribution in [0, 0.1) is 0 Å². The van der Waals surface area contributed by atoms with Crippen LogP contribution in [0.1, 0.15) is 19.3 Å². The molecule has 0 amide bonds. The Balaban J connectivity index is 1.81. The van der Waals surface area contributed by atoms with Gasteiger partial charge < -0.3 is 15.2 Å². The molecular formula is C11H19F2NO2S. The Morgan fingerprint density at radius 3 is 3.00 bits per heavy atom. The van der Waals surface area contributed by atoms with Crippen LogP contribution in [0.15, 0.2) is 0 Å². The third-order valence-corrected chi connectivity index (χ3v) is 4.66. The highest BCUT2D eigenvalue weighted by molar-refractivity contribution is 7.99. The first kappa shape index (κ1) is 13.5. The summed E-state index contributed by atoms with van der Waals surface area (Å²) in [5, 5.41) is 11.4. The van der Waals surface area contributed by atoms with Gasteiger partial charge in [-0.25, -0.2) is 8.78 Å². The smallest absolute Gasteiger partial charge is 0.282 e. The summed E-state index contributed by atoms with van der Waals surface area (Å²) >= 11 is 1.87. The van der Waals surface area contributed by atoms with E-state index in [-0.39, 0.29) is 11.6 Å². The van der Waals surface area contributed by atoms with Crippen molar-refractivity contribution in [3.8, 4) is 0 Å². The number of halogens is 2. The van der Waals surface area contributed by atoms with E-state index in [0.717, 1.165) is 30.8 Å². The lowest BCUT2D eigenvalue weighted by atomic mass is 9.90. The molecule has 2 N–H and O–H groups in total. The van der Waals surface area contributed by atoms with E-state index < -0.39 is 19.1 Å². The van der Waals surface area contributed by atoms with E-state index in [0.29, 0.717) is 6.61 Å². The minimum Gasteiger partial charge on any atom is -0.390 e. The molecule has 17 heavy (non-hydrogen) atoms. The standard InChI is InChI=1S/C11H19F2NO2S/c12-11(13,7-15)6-14-9-1-3-16-10(5-9)2-4-17-8-10/h9,14-15H,1-8H2. The van der Waals surface area contributed by atoms with Gasteiger partial charge in [-0.15, -0.1) is 0 Å². The Hall–Kier alpha value is 0.0900. The molecule has 100 valence electrons. The average molecular weight is 267 g/mol. The second-order valence-corrected chi connectivity index (χ2v) is 6.02. The Bertz CT molecular complexity index is 260. The number of ether oxygens (including phenoxy) is 1. The minimum atomic E-state index is -3.02. The van der Waals surface area contributed by atoms with Gasteiger partial charge in [-0.2, -0.15) is 11.8 Å².